The molecule has 0 aromatic carbocycles. The Kier molecular flexibility index (Phi) is 1.88. The van der Waals surface area contributed by atoms with Crippen molar-refractivity contribution in [2.75, 3.05) is 0 Å². The molecule has 0 aromatic heterocycles. The van der Waals surface area contributed by atoms with Gasteiger partial charge in [-0.05, 0) is 15.9 Å². The summed E-state index contributed by atoms with van der Waals surface area (Å²) in [6.07, 6.45) is 8.77. The number of carbonyl (C=O) groups is 2. The first kappa shape index (κ1) is 8.38. The summed E-state index contributed by atoms with van der Waals surface area (Å²) in [5.41, 5.74) is 1.15. The van der Waals surface area contributed by atoms with E-state index in [0.717, 1.165) is 0 Å². The Labute approximate surface area is 83.4 Å². The molecule has 2 rings (SSSR count). The quantitative estimate of drug-likeness (QED) is 0.602. The van der Waals surface area contributed by atoms with E-state index in [0.29, 0.717) is 15.6 Å². The van der Waals surface area contributed by atoms with Gasteiger partial charge in [0.1, 0.15) is 0 Å². The fraction of sp³-hybridized carbons (Fsp3) is 0. The molecule has 0 saturated heterocycles. The van der Waals surface area contributed by atoms with Crippen molar-refractivity contribution >= 4 is 27.5 Å². The fourth-order valence-electron chi connectivity index (χ4n) is 1.28. The zero-order valence-corrected chi connectivity index (χ0v) is 8.17. The zero-order chi connectivity index (χ0) is 9.42. The highest BCUT2D eigenvalue weighted by Gasteiger charge is 2.33. The van der Waals surface area contributed by atoms with E-state index in [1.165, 1.54) is 0 Å². The van der Waals surface area contributed by atoms with Crippen LogP contribution in [0.25, 0.3) is 0 Å². The molecule has 0 aliphatic heterocycles. The third-order valence-corrected chi connectivity index (χ3v) is 2.71. The first-order chi connectivity index (χ1) is 6.22. The van der Waals surface area contributed by atoms with Crippen LogP contribution in [0.4, 0.5) is 0 Å². The van der Waals surface area contributed by atoms with Crippen LogP contribution < -0.4 is 0 Å². The average Bonchev–Trinajstić information content (AvgIpc) is 2.40. The van der Waals surface area contributed by atoms with Crippen LogP contribution in [-0.2, 0) is 9.59 Å². The highest BCUT2D eigenvalue weighted by Crippen LogP contribution is 2.31. The highest BCUT2D eigenvalue weighted by atomic mass is 79.9. The summed E-state index contributed by atoms with van der Waals surface area (Å²) >= 11 is 3.11. The smallest absolute Gasteiger partial charge is 0.241 e. The van der Waals surface area contributed by atoms with Crippen LogP contribution in [0, 0.1) is 0 Å². The van der Waals surface area contributed by atoms with Gasteiger partial charge in [-0.1, -0.05) is 30.4 Å². The largest absolute Gasteiger partial charge is 0.285 e. The van der Waals surface area contributed by atoms with E-state index in [2.05, 4.69) is 15.9 Å². The summed E-state index contributed by atoms with van der Waals surface area (Å²) in [7, 11) is 0. The van der Waals surface area contributed by atoms with Crippen molar-refractivity contribution in [1.82, 2.24) is 0 Å². The molecule has 0 atom stereocenters. The van der Waals surface area contributed by atoms with Crippen molar-refractivity contribution < 1.29 is 9.59 Å². The third-order valence-electron chi connectivity index (χ3n) is 1.92. The topological polar surface area (TPSA) is 34.1 Å². The van der Waals surface area contributed by atoms with E-state index in [4.69, 9.17) is 0 Å². The van der Waals surface area contributed by atoms with Gasteiger partial charge in [0.2, 0.25) is 11.6 Å². The number of carbonyl (C=O) groups excluding carboxylic acids is 2. The summed E-state index contributed by atoms with van der Waals surface area (Å²) in [6, 6.07) is 0. The second-order valence-electron chi connectivity index (χ2n) is 2.71. The lowest BCUT2D eigenvalue weighted by Crippen LogP contribution is -2.07. The number of ketones is 2. The number of allylic oxidation sites excluding steroid dienone is 8. The SMILES string of the molecule is O=C1C(=O)C(Br)=C2C=CC=CC=C12. The summed E-state index contributed by atoms with van der Waals surface area (Å²) in [6.45, 7) is 0. The Morgan fingerprint density at radius 3 is 2.54 bits per heavy atom. The minimum atomic E-state index is -0.457. The average molecular weight is 237 g/mol. The molecular formula is C10H5BrO2. The normalized spacial score (nSPS) is 20.5. The molecule has 2 nitrogen and oxygen atoms in total. The molecule has 0 N–H and O–H groups in total. The van der Waals surface area contributed by atoms with Crippen LogP contribution >= 0.6 is 15.9 Å². The number of rotatable bonds is 0. The maximum absolute atomic E-state index is 11.3. The molecule has 13 heavy (non-hydrogen) atoms. The van der Waals surface area contributed by atoms with E-state index < -0.39 is 11.6 Å². The van der Waals surface area contributed by atoms with E-state index in [1.54, 1.807) is 24.3 Å². The minimum Gasteiger partial charge on any atom is -0.285 e. The molecule has 2 aliphatic carbocycles. The molecule has 0 unspecified atom stereocenters. The molecule has 0 saturated carbocycles. The summed E-state index contributed by atoms with van der Waals surface area (Å²) in [4.78, 5) is 22.6. The van der Waals surface area contributed by atoms with Gasteiger partial charge >= 0.3 is 0 Å². The number of fused-ring (bicyclic) bond motifs is 1. The third kappa shape index (κ3) is 1.16. The van der Waals surface area contributed by atoms with E-state index >= 15 is 0 Å². The molecule has 0 aromatic rings. The van der Waals surface area contributed by atoms with Crippen LogP contribution in [0.5, 0.6) is 0 Å². The number of Topliss-reactive ketones (excluding diaryl/α,β-unsaturated/α-hetero) is 2. The molecular weight excluding hydrogens is 232 g/mol. The second kappa shape index (κ2) is 2.92. The van der Waals surface area contributed by atoms with Gasteiger partial charge in [0.05, 0.1) is 4.48 Å². The zero-order valence-electron chi connectivity index (χ0n) is 6.58. The number of hydrogen-bond donors (Lipinski definition) is 0. The lowest BCUT2D eigenvalue weighted by Gasteiger charge is -1.92. The summed E-state index contributed by atoms with van der Waals surface area (Å²) in [5.74, 6) is -0.890. The van der Waals surface area contributed by atoms with Crippen LogP contribution in [0.1, 0.15) is 0 Å². The van der Waals surface area contributed by atoms with Gasteiger partial charge in [0, 0.05) is 11.1 Å². The molecule has 64 valence electrons. The van der Waals surface area contributed by atoms with Crippen molar-refractivity contribution in [2.24, 2.45) is 0 Å². The van der Waals surface area contributed by atoms with Crippen molar-refractivity contribution in [3.8, 4) is 0 Å². The standard InChI is InChI=1S/C10H5BrO2/c11-8-6-4-2-1-3-5-7(6)9(12)10(8)13/h1-5H. The van der Waals surface area contributed by atoms with E-state index in [9.17, 15) is 9.59 Å². The molecule has 0 amide bonds. The van der Waals surface area contributed by atoms with Crippen LogP contribution in [0.2, 0.25) is 0 Å². The fourth-order valence-corrected chi connectivity index (χ4v) is 1.81. The Balaban J connectivity index is 2.66. The van der Waals surface area contributed by atoms with Crippen LogP contribution in [0.15, 0.2) is 46.0 Å². The van der Waals surface area contributed by atoms with Gasteiger partial charge in [-0.25, -0.2) is 0 Å². The predicted octanol–water partition coefficient (Wildman–Crippen LogP) is 1.84. The first-order valence-electron chi connectivity index (χ1n) is 3.76. The van der Waals surface area contributed by atoms with Crippen molar-refractivity contribution in [3.05, 3.63) is 46.0 Å². The molecule has 0 fully saturated rings. The van der Waals surface area contributed by atoms with Gasteiger partial charge in [-0.3, -0.25) is 9.59 Å². The maximum Gasteiger partial charge on any atom is 0.241 e. The van der Waals surface area contributed by atoms with Crippen LogP contribution in [0.3, 0.4) is 0 Å². The first-order valence-corrected chi connectivity index (χ1v) is 4.55. The summed E-state index contributed by atoms with van der Waals surface area (Å²) < 4.78 is 0.365. The monoisotopic (exact) mass is 236 g/mol. The van der Waals surface area contributed by atoms with E-state index in [-0.39, 0.29) is 0 Å². The van der Waals surface area contributed by atoms with Crippen molar-refractivity contribution in [1.29, 1.82) is 0 Å². The Morgan fingerprint density at radius 2 is 1.77 bits per heavy atom. The number of hydrogen-bond acceptors (Lipinski definition) is 2. The molecule has 0 bridgehead atoms. The highest BCUT2D eigenvalue weighted by molar-refractivity contribution is 9.12. The second-order valence-corrected chi connectivity index (χ2v) is 3.50. The number of halogens is 1. The Bertz CT molecular complexity index is 422. The molecule has 0 spiro atoms. The molecule has 2 aliphatic rings. The van der Waals surface area contributed by atoms with Gasteiger partial charge < -0.3 is 0 Å². The van der Waals surface area contributed by atoms with Gasteiger partial charge in [-0.15, -0.1) is 0 Å². The predicted molar refractivity (Wildman–Crippen MR) is 52.3 cm³/mol. The Morgan fingerprint density at radius 1 is 1.00 bits per heavy atom. The van der Waals surface area contributed by atoms with Crippen molar-refractivity contribution in [3.63, 3.8) is 0 Å². The lowest BCUT2D eigenvalue weighted by molar-refractivity contribution is -0.130. The molecule has 3 heteroatoms. The molecule has 0 heterocycles. The van der Waals surface area contributed by atoms with Gasteiger partial charge in [0.15, 0.2) is 0 Å². The van der Waals surface area contributed by atoms with Crippen molar-refractivity contribution in [2.45, 2.75) is 0 Å². The molecule has 0 radical (unpaired) electrons. The lowest BCUT2D eigenvalue weighted by atomic mass is 10.1. The maximum atomic E-state index is 11.3. The Hall–Kier alpha value is -1.22. The summed E-state index contributed by atoms with van der Waals surface area (Å²) in [5, 5.41) is 0. The van der Waals surface area contributed by atoms with Gasteiger partial charge in [-0.2, -0.15) is 0 Å². The van der Waals surface area contributed by atoms with E-state index in [1.807, 2.05) is 6.08 Å². The van der Waals surface area contributed by atoms with Crippen LogP contribution in [-0.4, -0.2) is 11.6 Å². The minimum absolute atomic E-state index is 0.365. The van der Waals surface area contributed by atoms with Gasteiger partial charge in [0.25, 0.3) is 0 Å².